The zero-order valence-corrected chi connectivity index (χ0v) is 12.5. The summed E-state index contributed by atoms with van der Waals surface area (Å²) in [5.41, 5.74) is 4.90. The number of para-hydroxylation sites is 1. The van der Waals surface area contributed by atoms with E-state index < -0.39 is 6.10 Å². The summed E-state index contributed by atoms with van der Waals surface area (Å²) >= 11 is 0. The maximum Gasteiger partial charge on any atom is 0.0866 e. The van der Waals surface area contributed by atoms with Crippen molar-refractivity contribution in [2.45, 2.75) is 26.4 Å². The van der Waals surface area contributed by atoms with Gasteiger partial charge in [-0.2, -0.15) is 5.10 Å². The smallest absolute Gasteiger partial charge is 0.0866 e. The molecule has 4 heteroatoms. The number of aliphatic hydroxyl groups excluding tert-OH is 1. The maximum atomic E-state index is 10.6. The first kappa shape index (κ1) is 13.8. The summed E-state index contributed by atoms with van der Waals surface area (Å²) in [6.45, 7) is 3.93. The molecule has 0 radical (unpaired) electrons. The molecule has 108 valence electrons. The van der Waals surface area contributed by atoms with Gasteiger partial charge in [0.25, 0.3) is 0 Å². The molecule has 2 heterocycles. The molecule has 0 amide bonds. The van der Waals surface area contributed by atoms with Crippen LogP contribution in [0, 0.1) is 13.8 Å². The van der Waals surface area contributed by atoms with Gasteiger partial charge in [-0.05, 0) is 31.5 Å². The summed E-state index contributed by atoms with van der Waals surface area (Å²) < 4.78 is 1.82. The van der Waals surface area contributed by atoms with Crippen LogP contribution in [0.15, 0.2) is 36.5 Å². The molecule has 0 saturated heterocycles. The molecule has 0 saturated carbocycles. The number of rotatable bonds is 3. The number of benzene rings is 1. The molecule has 0 fully saturated rings. The summed E-state index contributed by atoms with van der Waals surface area (Å²) in [7, 11) is 1.90. The summed E-state index contributed by atoms with van der Waals surface area (Å²) in [5, 5.41) is 16.1. The van der Waals surface area contributed by atoms with Crippen LogP contribution in [0.1, 0.15) is 28.6 Å². The Kier molecular flexibility index (Phi) is 3.47. The first-order valence-corrected chi connectivity index (χ1v) is 7.08. The van der Waals surface area contributed by atoms with Gasteiger partial charge in [-0.25, -0.2) is 0 Å². The third-order valence-corrected chi connectivity index (χ3v) is 4.05. The first-order chi connectivity index (χ1) is 10.1. The molecule has 21 heavy (non-hydrogen) atoms. The van der Waals surface area contributed by atoms with Gasteiger partial charge in [0.2, 0.25) is 0 Å². The van der Waals surface area contributed by atoms with Crippen LogP contribution in [0.2, 0.25) is 0 Å². The lowest BCUT2D eigenvalue weighted by Crippen LogP contribution is -2.05. The Morgan fingerprint density at radius 1 is 1.19 bits per heavy atom. The van der Waals surface area contributed by atoms with Gasteiger partial charge in [-0.15, -0.1) is 0 Å². The van der Waals surface area contributed by atoms with Crippen molar-refractivity contribution >= 4 is 10.9 Å². The molecule has 0 bridgehead atoms. The van der Waals surface area contributed by atoms with E-state index in [4.69, 9.17) is 0 Å². The van der Waals surface area contributed by atoms with E-state index in [0.29, 0.717) is 6.42 Å². The fraction of sp³-hybridized carbons (Fsp3) is 0.294. The SMILES string of the molecule is Cc1nn(C)c(C)c1C(O)Cc1ccnc2ccccc12. The molecule has 1 N–H and O–H groups in total. The Hall–Kier alpha value is -2.20. The highest BCUT2D eigenvalue weighted by molar-refractivity contribution is 5.81. The van der Waals surface area contributed by atoms with Crippen LogP contribution in [0.25, 0.3) is 10.9 Å². The molecule has 1 aromatic carbocycles. The fourth-order valence-electron chi connectivity index (χ4n) is 2.92. The van der Waals surface area contributed by atoms with Gasteiger partial charge in [0.15, 0.2) is 0 Å². The van der Waals surface area contributed by atoms with Gasteiger partial charge in [0.1, 0.15) is 0 Å². The Morgan fingerprint density at radius 3 is 2.67 bits per heavy atom. The van der Waals surface area contributed by atoms with Gasteiger partial charge in [0, 0.05) is 36.3 Å². The zero-order chi connectivity index (χ0) is 15.0. The second-order valence-corrected chi connectivity index (χ2v) is 5.42. The van der Waals surface area contributed by atoms with Crippen LogP contribution < -0.4 is 0 Å². The Labute approximate surface area is 124 Å². The van der Waals surface area contributed by atoms with Crippen molar-refractivity contribution in [3.05, 3.63) is 59.0 Å². The van der Waals surface area contributed by atoms with Crippen molar-refractivity contribution in [2.75, 3.05) is 0 Å². The van der Waals surface area contributed by atoms with Crippen molar-refractivity contribution in [3.63, 3.8) is 0 Å². The number of pyridine rings is 1. The molecule has 0 aliphatic carbocycles. The van der Waals surface area contributed by atoms with Crippen molar-refractivity contribution in [2.24, 2.45) is 7.05 Å². The predicted molar refractivity (Wildman–Crippen MR) is 83.1 cm³/mol. The molecule has 1 atom stereocenters. The summed E-state index contributed by atoms with van der Waals surface area (Å²) in [6.07, 6.45) is 1.81. The molecular formula is C17H19N3O. The Bertz CT molecular complexity index is 787. The van der Waals surface area contributed by atoms with Crippen LogP contribution in [0.4, 0.5) is 0 Å². The van der Waals surface area contributed by atoms with Crippen molar-refractivity contribution in [1.29, 1.82) is 0 Å². The number of aromatic nitrogens is 3. The van der Waals surface area contributed by atoms with Crippen LogP contribution in [-0.2, 0) is 13.5 Å². The number of aryl methyl sites for hydroxylation is 2. The van der Waals surface area contributed by atoms with E-state index in [0.717, 1.165) is 33.4 Å². The monoisotopic (exact) mass is 281 g/mol. The summed E-state index contributed by atoms with van der Waals surface area (Å²) in [5.74, 6) is 0. The Balaban J connectivity index is 1.98. The quantitative estimate of drug-likeness (QED) is 0.803. The zero-order valence-electron chi connectivity index (χ0n) is 12.5. The number of nitrogens with zero attached hydrogens (tertiary/aromatic N) is 3. The van der Waals surface area contributed by atoms with E-state index in [1.165, 1.54) is 0 Å². The summed E-state index contributed by atoms with van der Waals surface area (Å²) in [4.78, 5) is 4.36. The molecule has 0 spiro atoms. The highest BCUT2D eigenvalue weighted by atomic mass is 16.3. The van der Waals surface area contributed by atoms with Gasteiger partial charge in [0.05, 0.1) is 17.3 Å². The average molecular weight is 281 g/mol. The van der Waals surface area contributed by atoms with E-state index >= 15 is 0 Å². The second kappa shape index (κ2) is 5.30. The highest BCUT2D eigenvalue weighted by Gasteiger charge is 2.19. The molecule has 4 nitrogen and oxygen atoms in total. The molecule has 1 unspecified atom stereocenters. The van der Waals surface area contributed by atoms with E-state index in [2.05, 4.69) is 10.1 Å². The summed E-state index contributed by atoms with van der Waals surface area (Å²) in [6, 6.07) is 10.00. The standard InChI is InChI=1S/C17H19N3O/c1-11-17(12(2)20(3)19-11)16(21)10-13-8-9-18-15-7-5-4-6-14(13)15/h4-9,16,21H,10H2,1-3H3. The van der Waals surface area contributed by atoms with E-state index in [-0.39, 0.29) is 0 Å². The largest absolute Gasteiger partial charge is 0.388 e. The minimum absolute atomic E-state index is 0.551. The highest BCUT2D eigenvalue weighted by Crippen LogP contribution is 2.27. The fourth-order valence-corrected chi connectivity index (χ4v) is 2.92. The Morgan fingerprint density at radius 2 is 1.95 bits per heavy atom. The normalized spacial score (nSPS) is 12.8. The maximum absolute atomic E-state index is 10.6. The van der Waals surface area contributed by atoms with Crippen LogP contribution in [0.3, 0.4) is 0 Å². The molecule has 2 aromatic heterocycles. The third kappa shape index (κ3) is 2.43. The van der Waals surface area contributed by atoms with Crippen molar-refractivity contribution in [1.82, 2.24) is 14.8 Å². The number of aliphatic hydroxyl groups is 1. The van der Waals surface area contributed by atoms with Gasteiger partial charge in [-0.1, -0.05) is 18.2 Å². The third-order valence-electron chi connectivity index (χ3n) is 4.05. The van der Waals surface area contributed by atoms with Crippen molar-refractivity contribution in [3.8, 4) is 0 Å². The van der Waals surface area contributed by atoms with E-state index in [9.17, 15) is 5.11 Å². The predicted octanol–water partition coefficient (Wildman–Crippen LogP) is 2.86. The minimum Gasteiger partial charge on any atom is -0.388 e. The molecule has 3 rings (SSSR count). The van der Waals surface area contributed by atoms with Gasteiger partial charge in [-0.3, -0.25) is 9.67 Å². The van der Waals surface area contributed by atoms with Crippen LogP contribution >= 0.6 is 0 Å². The van der Waals surface area contributed by atoms with Crippen LogP contribution in [-0.4, -0.2) is 19.9 Å². The molecule has 0 aliphatic heterocycles. The van der Waals surface area contributed by atoms with Gasteiger partial charge >= 0.3 is 0 Å². The van der Waals surface area contributed by atoms with Crippen molar-refractivity contribution < 1.29 is 5.11 Å². The van der Waals surface area contributed by atoms with Crippen LogP contribution in [0.5, 0.6) is 0 Å². The van der Waals surface area contributed by atoms with E-state index in [1.54, 1.807) is 6.20 Å². The molecule has 0 aliphatic rings. The molecule has 3 aromatic rings. The number of fused-ring (bicyclic) bond motifs is 1. The average Bonchev–Trinajstić information content (AvgIpc) is 2.72. The minimum atomic E-state index is -0.551. The first-order valence-electron chi connectivity index (χ1n) is 7.08. The van der Waals surface area contributed by atoms with Gasteiger partial charge < -0.3 is 5.11 Å². The second-order valence-electron chi connectivity index (χ2n) is 5.42. The lowest BCUT2D eigenvalue weighted by Gasteiger charge is -2.13. The lowest BCUT2D eigenvalue weighted by atomic mass is 9.98. The lowest BCUT2D eigenvalue weighted by molar-refractivity contribution is 0.177. The van der Waals surface area contributed by atoms with E-state index in [1.807, 2.05) is 55.9 Å². The number of hydrogen-bond donors (Lipinski definition) is 1. The topological polar surface area (TPSA) is 50.9 Å². The molecular weight excluding hydrogens is 262 g/mol. The number of hydrogen-bond acceptors (Lipinski definition) is 3.